The third-order valence-electron chi connectivity index (χ3n) is 3.28. The molecular formula is C12H19F2O7S-. The lowest BCUT2D eigenvalue weighted by Crippen LogP contribution is -2.39. The van der Waals surface area contributed by atoms with Crippen molar-refractivity contribution in [2.24, 2.45) is 0 Å². The smallest absolute Gasteiger partial charge is 0.428 e. The topological polar surface area (TPSA) is 105 Å². The van der Waals surface area contributed by atoms with Crippen molar-refractivity contribution in [2.45, 2.75) is 43.5 Å². The van der Waals surface area contributed by atoms with Gasteiger partial charge in [0, 0.05) is 6.61 Å². The first-order valence-corrected chi connectivity index (χ1v) is 8.28. The lowest BCUT2D eigenvalue weighted by Gasteiger charge is -2.17. The molecule has 1 unspecified atom stereocenters. The van der Waals surface area contributed by atoms with Gasteiger partial charge in [-0.05, 0) is 25.7 Å². The lowest BCUT2D eigenvalue weighted by molar-refractivity contribution is -0.161. The first kappa shape index (κ1) is 19.2. The molecule has 0 aromatic heterocycles. The van der Waals surface area contributed by atoms with Crippen LogP contribution in [0.3, 0.4) is 0 Å². The molecule has 0 aromatic rings. The van der Waals surface area contributed by atoms with Crippen LogP contribution in [-0.4, -0.2) is 56.2 Å². The predicted molar refractivity (Wildman–Crippen MR) is 69.2 cm³/mol. The molecule has 1 fully saturated rings. The second-order valence-electron chi connectivity index (χ2n) is 5.05. The minimum Gasteiger partial charge on any atom is -0.743 e. The number of rotatable bonds is 11. The number of unbranched alkanes of at least 4 members (excludes halogenated alkanes) is 2. The van der Waals surface area contributed by atoms with Crippen LogP contribution in [-0.2, 0) is 29.1 Å². The minimum absolute atomic E-state index is 0.148. The molecule has 7 nitrogen and oxygen atoms in total. The molecule has 0 aromatic carbocycles. The Morgan fingerprint density at radius 2 is 1.91 bits per heavy atom. The van der Waals surface area contributed by atoms with E-state index in [0.717, 1.165) is 6.42 Å². The number of hydrogen-bond acceptors (Lipinski definition) is 7. The number of hydrogen-bond donors (Lipinski definition) is 0. The minimum atomic E-state index is -6.06. The van der Waals surface area contributed by atoms with E-state index in [1.54, 1.807) is 0 Å². The van der Waals surface area contributed by atoms with Crippen molar-refractivity contribution in [3.8, 4) is 0 Å². The van der Waals surface area contributed by atoms with E-state index in [2.05, 4.69) is 4.74 Å². The van der Waals surface area contributed by atoms with E-state index in [4.69, 9.17) is 9.47 Å². The van der Waals surface area contributed by atoms with Crippen molar-refractivity contribution in [3.63, 3.8) is 0 Å². The number of carbonyl (C=O) groups is 1. The van der Waals surface area contributed by atoms with Crippen molar-refractivity contribution in [1.82, 2.24) is 0 Å². The van der Waals surface area contributed by atoms with Gasteiger partial charge in [-0.25, -0.2) is 13.2 Å². The van der Waals surface area contributed by atoms with Gasteiger partial charge in [-0.1, -0.05) is 6.92 Å². The van der Waals surface area contributed by atoms with Gasteiger partial charge in [0.2, 0.25) is 0 Å². The number of epoxide rings is 1. The summed E-state index contributed by atoms with van der Waals surface area (Å²) in [5.74, 6) is -2.34. The fourth-order valence-corrected chi connectivity index (χ4v) is 1.85. The van der Waals surface area contributed by atoms with Gasteiger partial charge in [0.25, 0.3) is 0 Å². The Morgan fingerprint density at radius 3 is 2.41 bits per heavy atom. The Bertz CT molecular complexity index is 474. The second kappa shape index (κ2) is 7.62. The highest BCUT2D eigenvalue weighted by Crippen LogP contribution is 2.30. The second-order valence-corrected chi connectivity index (χ2v) is 6.47. The molecule has 0 aliphatic carbocycles. The first-order valence-electron chi connectivity index (χ1n) is 6.87. The van der Waals surface area contributed by atoms with Gasteiger partial charge >= 0.3 is 11.2 Å². The normalized spacial score (nSPS) is 21.6. The van der Waals surface area contributed by atoms with E-state index < -0.39 is 21.3 Å². The summed E-state index contributed by atoms with van der Waals surface area (Å²) in [5.41, 5.74) is -0.148. The van der Waals surface area contributed by atoms with Crippen molar-refractivity contribution >= 4 is 16.1 Å². The highest BCUT2D eigenvalue weighted by Gasteiger charge is 2.48. The van der Waals surface area contributed by atoms with E-state index in [9.17, 15) is 26.5 Å². The van der Waals surface area contributed by atoms with E-state index in [1.807, 2.05) is 6.92 Å². The average molecular weight is 345 g/mol. The fraction of sp³-hybridized carbons (Fsp3) is 0.917. The van der Waals surface area contributed by atoms with E-state index in [1.165, 1.54) is 0 Å². The lowest BCUT2D eigenvalue weighted by atomic mass is 10.1. The molecular weight excluding hydrogens is 326 g/mol. The van der Waals surface area contributed by atoms with Crippen LogP contribution in [0, 0.1) is 0 Å². The van der Waals surface area contributed by atoms with Crippen molar-refractivity contribution in [3.05, 3.63) is 0 Å². The molecule has 10 heteroatoms. The summed E-state index contributed by atoms with van der Waals surface area (Å²) in [6.45, 7) is 3.28. The maximum atomic E-state index is 12.7. The summed E-state index contributed by atoms with van der Waals surface area (Å²) < 4.78 is 70.8. The molecule has 1 aliphatic heterocycles. The number of halogens is 2. The summed E-state index contributed by atoms with van der Waals surface area (Å²) in [4.78, 5) is 10.8. The Labute approximate surface area is 127 Å². The molecule has 1 atom stereocenters. The van der Waals surface area contributed by atoms with Gasteiger partial charge in [-0.15, -0.1) is 0 Å². The molecule has 1 saturated heterocycles. The Hall–Kier alpha value is -0.840. The van der Waals surface area contributed by atoms with Crippen molar-refractivity contribution < 1.29 is 40.8 Å². The zero-order valence-corrected chi connectivity index (χ0v) is 13.0. The Balaban J connectivity index is 2.05. The summed E-state index contributed by atoms with van der Waals surface area (Å²) in [6.07, 6.45) is 2.32. The predicted octanol–water partition coefficient (Wildman–Crippen LogP) is 1.03. The molecule has 0 bridgehead atoms. The zero-order valence-electron chi connectivity index (χ0n) is 12.2. The number of esters is 1. The molecule has 1 heterocycles. The number of carbonyl (C=O) groups excluding carboxylic acids is 1. The van der Waals surface area contributed by atoms with Crippen LogP contribution < -0.4 is 0 Å². The van der Waals surface area contributed by atoms with Crippen molar-refractivity contribution in [2.75, 3.05) is 26.4 Å². The van der Waals surface area contributed by atoms with Gasteiger partial charge in [-0.2, -0.15) is 8.78 Å². The number of ether oxygens (including phenoxy) is 3. The molecule has 0 saturated carbocycles. The van der Waals surface area contributed by atoms with Gasteiger partial charge < -0.3 is 18.8 Å². The molecule has 0 amide bonds. The van der Waals surface area contributed by atoms with Crippen LogP contribution in [0.15, 0.2) is 0 Å². The maximum Gasteiger partial charge on any atom is 0.428 e. The molecule has 0 radical (unpaired) electrons. The summed E-state index contributed by atoms with van der Waals surface area (Å²) in [7, 11) is -6.06. The fourth-order valence-electron chi connectivity index (χ4n) is 1.58. The molecule has 0 spiro atoms. The summed E-state index contributed by atoms with van der Waals surface area (Å²) >= 11 is 0. The molecule has 0 N–H and O–H groups in total. The molecule has 22 heavy (non-hydrogen) atoms. The monoisotopic (exact) mass is 345 g/mol. The van der Waals surface area contributed by atoms with Gasteiger partial charge in [0.1, 0.15) is 5.60 Å². The SMILES string of the molecule is CCC1(COCCCCCOC(=O)C(F)(F)S(=O)(=O)[O-])CO1. The van der Waals surface area contributed by atoms with Gasteiger partial charge in [0.05, 0.1) is 19.8 Å². The quantitative estimate of drug-likeness (QED) is 0.238. The molecule has 1 rings (SSSR count). The maximum absolute atomic E-state index is 12.7. The summed E-state index contributed by atoms with van der Waals surface area (Å²) in [5, 5.41) is -5.05. The summed E-state index contributed by atoms with van der Waals surface area (Å²) in [6, 6.07) is 0. The van der Waals surface area contributed by atoms with Crippen LogP contribution in [0.2, 0.25) is 0 Å². The molecule has 1 aliphatic rings. The largest absolute Gasteiger partial charge is 0.743 e. The first-order chi connectivity index (χ1) is 10.1. The number of alkyl halides is 2. The van der Waals surface area contributed by atoms with Gasteiger partial charge in [0.15, 0.2) is 10.1 Å². The van der Waals surface area contributed by atoms with Crippen LogP contribution in [0.4, 0.5) is 8.78 Å². The van der Waals surface area contributed by atoms with Crippen LogP contribution in [0.1, 0.15) is 32.6 Å². The Kier molecular flexibility index (Phi) is 6.65. The third kappa shape index (κ3) is 5.41. The van der Waals surface area contributed by atoms with E-state index >= 15 is 0 Å². The van der Waals surface area contributed by atoms with Gasteiger partial charge in [-0.3, -0.25) is 0 Å². The van der Waals surface area contributed by atoms with E-state index in [0.29, 0.717) is 32.7 Å². The van der Waals surface area contributed by atoms with E-state index in [-0.39, 0.29) is 18.6 Å². The standard InChI is InChI=1S/C12H20F2O7S/c1-2-11(9-21-11)8-19-6-4-3-5-7-20-10(15)12(13,14)22(16,17)18/h2-9H2,1H3,(H,16,17,18)/p-1. The van der Waals surface area contributed by atoms with Crippen molar-refractivity contribution in [1.29, 1.82) is 0 Å². The third-order valence-corrected chi connectivity index (χ3v) is 4.07. The van der Waals surface area contributed by atoms with Crippen LogP contribution >= 0.6 is 0 Å². The highest BCUT2D eigenvalue weighted by atomic mass is 32.2. The highest BCUT2D eigenvalue weighted by molar-refractivity contribution is 7.87. The average Bonchev–Trinajstić information content (AvgIpc) is 3.20. The zero-order chi connectivity index (χ0) is 16.9. The Morgan fingerprint density at radius 1 is 1.32 bits per heavy atom. The van der Waals surface area contributed by atoms with Crippen LogP contribution in [0.5, 0.6) is 0 Å². The molecule has 130 valence electrons. The van der Waals surface area contributed by atoms with Crippen LogP contribution in [0.25, 0.3) is 0 Å².